The molecule has 2 heterocycles. The van der Waals surface area contributed by atoms with Gasteiger partial charge in [0.2, 0.25) is 5.91 Å². The fraction of sp³-hybridized carbons (Fsp3) is 0.917. The molecule has 2 rings (SSSR count). The standard InChI is InChI=1S/C12H22N2O2/c1-10(16)13-6-3-12(4-7-13)14-5-2-11(8-14)9-15/h11-12,15H,2-9H2,1H3/t11-/m1/s1. The van der Waals surface area contributed by atoms with Crippen molar-refractivity contribution in [1.82, 2.24) is 9.80 Å². The van der Waals surface area contributed by atoms with Crippen molar-refractivity contribution in [2.45, 2.75) is 32.2 Å². The number of hydrogen-bond donors (Lipinski definition) is 1. The first-order valence-electron chi connectivity index (χ1n) is 6.31. The summed E-state index contributed by atoms with van der Waals surface area (Å²) in [5.74, 6) is 0.680. The highest BCUT2D eigenvalue weighted by Gasteiger charge is 2.30. The Kier molecular flexibility index (Phi) is 3.82. The van der Waals surface area contributed by atoms with Gasteiger partial charge in [-0.15, -0.1) is 0 Å². The Bertz CT molecular complexity index is 249. The van der Waals surface area contributed by atoms with Gasteiger partial charge in [0.25, 0.3) is 0 Å². The molecule has 4 nitrogen and oxygen atoms in total. The maximum Gasteiger partial charge on any atom is 0.219 e. The van der Waals surface area contributed by atoms with Crippen LogP contribution in [0.25, 0.3) is 0 Å². The number of rotatable bonds is 2. The van der Waals surface area contributed by atoms with E-state index in [9.17, 15) is 4.79 Å². The van der Waals surface area contributed by atoms with Gasteiger partial charge in [-0.2, -0.15) is 0 Å². The van der Waals surface area contributed by atoms with Crippen molar-refractivity contribution in [2.75, 3.05) is 32.8 Å². The van der Waals surface area contributed by atoms with Gasteiger partial charge in [0.15, 0.2) is 0 Å². The summed E-state index contributed by atoms with van der Waals surface area (Å²) in [5.41, 5.74) is 0. The van der Waals surface area contributed by atoms with Crippen LogP contribution in [0.4, 0.5) is 0 Å². The lowest BCUT2D eigenvalue weighted by molar-refractivity contribution is -0.130. The second kappa shape index (κ2) is 5.15. The van der Waals surface area contributed by atoms with E-state index in [0.29, 0.717) is 18.6 Å². The van der Waals surface area contributed by atoms with Crippen molar-refractivity contribution in [1.29, 1.82) is 0 Å². The van der Waals surface area contributed by atoms with Crippen LogP contribution in [0.1, 0.15) is 26.2 Å². The van der Waals surface area contributed by atoms with Crippen LogP contribution in [0.5, 0.6) is 0 Å². The third kappa shape index (κ3) is 2.55. The third-order valence-electron chi connectivity index (χ3n) is 4.00. The van der Waals surface area contributed by atoms with Crippen LogP contribution in [0.15, 0.2) is 0 Å². The number of carbonyl (C=O) groups is 1. The molecule has 0 bridgehead atoms. The Morgan fingerprint density at radius 2 is 1.94 bits per heavy atom. The molecule has 2 fully saturated rings. The molecule has 0 aromatic heterocycles. The summed E-state index contributed by atoms with van der Waals surface area (Å²) in [5, 5.41) is 9.12. The fourth-order valence-corrected chi connectivity index (χ4v) is 2.89. The van der Waals surface area contributed by atoms with Crippen molar-refractivity contribution >= 4 is 5.91 Å². The molecule has 92 valence electrons. The number of piperidine rings is 1. The Hall–Kier alpha value is -0.610. The number of aliphatic hydroxyl groups is 1. The first kappa shape index (κ1) is 11.9. The molecule has 2 aliphatic heterocycles. The zero-order valence-electron chi connectivity index (χ0n) is 10.1. The molecule has 0 aromatic carbocycles. The van der Waals surface area contributed by atoms with E-state index in [1.54, 1.807) is 6.92 Å². The Labute approximate surface area is 97.2 Å². The summed E-state index contributed by atoms with van der Waals surface area (Å²) >= 11 is 0. The topological polar surface area (TPSA) is 43.8 Å². The summed E-state index contributed by atoms with van der Waals surface area (Å²) in [4.78, 5) is 15.6. The molecule has 2 saturated heterocycles. The molecule has 0 aromatic rings. The van der Waals surface area contributed by atoms with Gasteiger partial charge in [-0.05, 0) is 31.7 Å². The van der Waals surface area contributed by atoms with Crippen LogP contribution in [0.3, 0.4) is 0 Å². The van der Waals surface area contributed by atoms with E-state index in [2.05, 4.69) is 4.90 Å². The number of likely N-dealkylation sites (tertiary alicyclic amines) is 2. The minimum atomic E-state index is 0.202. The van der Waals surface area contributed by atoms with Crippen LogP contribution in [-0.2, 0) is 4.79 Å². The predicted molar refractivity (Wildman–Crippen MR) is 62.0 cm³/mol. The predicted octanol–water partition coefficient (Wildman–Crippen LogP) is 0.311. The SMILES string of the molecule is CC(=O)N1CCC(N2CC[C@@H](CO)C2)CC1. The molecule has 2 aliphatic rings. The highest BCUT2D eigenvalue weighted by atomic mass is 16.3. The van der Waals surface area contributed by atoms with E-state index in [-0.39, 0.29) is 5.91 Å². The zero-order chi connectivity index (χ0) is 11.5. The molecule has 0 spiro atoms. The normalized spacial score (nSPS) is 28.6. The summed E-state index contributed by atoms with van der Waals surface area (Å²) in [6, 6.07) is 0.632. The van der Waals surface area contributed by atoms with Gasteiger partial charge in [-0.1, -0.05) is 0 Å². The van der Waals surface area contributed by atoms with Crippen molar-refractivity contribution in [2.24, 2.45) is 5.92 Å². The van der Waals surface area contributed by atoms with Crippen molar-refractivity contribution < 1.29 is 9.90 Å². The Balaban J connectivity index is 1.79. The lowest BCUT2D eigenvalue weighted by Crippen LogP contribution is -2.45. The van der Waals surface area contributed by atoms with Crippen LogP contribution < -0.4 is 0 Å². The number of carbonyl (C=O) groups excluding carboxylic acids is 1. The summed E-state index contributed by atoms with van der Waals surface area (Å²) < 4.78 is 0. The molecule has 0 radical (unpaired) electrons. The van der Waals surface area contributed by atoms with Crippen molar-refractivity contribution in [3.05, 3.63) is 0 Å². The lowest BCUT2D eigenvalue weighted by Gasteiger charge is -2.36. The Morgan fingerprint density at radius 3 is 2.44 bits per heavy atom. The number of nitrogens with zero attached hydrogens (tertiary/aromatic N) is 2. The highest BCUT2D eigenvalue weighted by molar-refractivity contribution is 5.73. The summed E-state index contributed by atoms with van der Waals surface area (Å²) in [7, 11) is 0. The van der Waals surface area contributed by atoms with Gasteiger partial charge in [0, 0.05) is 39.2 Å². The van der Waals surface area contributed by atoms with E-state index < -0.39 is 0 Å². The average molecular weight is 226 g/mol. The first-order chi connectivity index (χ1) is 7.70. The van der Waals surface area contributed by atoms with E-state index in [1.807, 2.05) is 4.90 Å². The Morgan fingerprint density at radius 1 is 1.25 bits per heavy atom. The van der Waals surface area contributed by atoms with Gasteiger partial charge < -0.3 is 10.0 Å². The number of hydrogen-bond acceptors (Lipinski definition) is 3. The molecule has 1 N–H and O–H groups in total. The molecule has 16 heavy (non-hydrogen) atoms. The summed E-state index contributed by atoms with van der Waals surface area (Å²) in [6.07, 6.45) is 3.32. The van der Waals surface area contributed by atoms with E-state index in [4.69, 9.17) is 5.11 Å². The maximum absolute atomic E-state index is 11.2. The van der Waals surface area contributed by atoms with E-state index in [0.717, 1.165) is 45.4 Å². The van der Waals surface area contributed by atoms with Gasteiger partial charge in [-0.3, -0.25) is 9.69 Å². The smallest absolute Gasteiger partial charge is 0.219 e. The number of aliphatic hydroxyl groups excluding tert-OH is 1. The monoisotopic (exact) mass is 226 g/mol. The molecule has 0 saturated carbocycles. The molecule has 0 unspecified atom stereocenters. The van der Waals surface area contributed by atoms with E-state index >= 15 is 0 Å². The molecule has 4 heteroatoms. The number of amides is 1. The fourth-order valence-electron chi connectivity index (χ4n) is 2.89. The minimum Gasteiger partial charge on any atom is -0.396 e. The molecular formula is C12H22N2O2. The second-order valence-corrected chi connectivity index (χ2v) is 5.07. The van der Waals surface area contributed by atoms with Gasteiger partial charge in [-0.25, -0.2) is 0 Å². The molecule has 1 amide bonds. The molecule has 0 aliphatic carbocycles. The molecule has 1 atom stereocenters. The molecular weight excluding hydrogens is 204 g/mol. The lowest BCUT2D eigenvalue weighted by atomic mass is 10.0. The van der Waals surface area contributed by atoms with Crippen molar-refractivity contribution in [3.63, 3.8) is 0 Å². The van der Waals surface area contributed by atoms with Gasteiger partial charge in [0.1, 0.15) is 0 Å². The summed E-state index contributed by atoms with van der Waals surface area (Å²) in [6.45, 7) is 5.94. The van der Waals surface area contributed by atoms with Crippen molar-refractivity contribution in [3.8, 4) is 0 Å². The third-order valence-corrected chi connectivity index (χ3v) is 4.00. The largest absolute Gasteiger partial charge is 0.396 e. The van der Waals surface area contributed by atoms with Crippen LogP contribution in [0.2, 0.25) is 0 Å². The van der Waals surface area contributed by atoms with Crippen LogP contribution in [-0.4, -0.2) is 59.6 Å². The highest BCUT2D eigenvalue weighted by Crippen LogP contribution is 2.23. The first-order valence-corrected chi connectivity index (χ1v) is 6.31. The maximum atomic E-state index is 11.2. The average Bonchev–Trinajstić information content (AvgIpc) is 2.77. The van der Waals surface area contributed by atoms with Crippen LogP contribution in [0, 0.1) is 5.92 Å². The quantitative estimate of drug-likeness (QED) is 0.737. The van der Waals surface area contributed by atoms with Gasteiger partial charge >= 0.3 is 0 Å². The van der Waals surface area contributed by atoms with E-state index in [1.165, 1.54) is 0 Å². The minimum absolute atomic E-state index is 0.202. The van der Waals surface area contributed by atoms with Crippen LogP contribution >= 0.6 is 0 Å². The zero-order valence-corrected chi connectivity index (χ0v) is 10.1. The van der Waals surface area contributed by atoms with Gasteiger partial charge in [0.05, 0.1) is 0 Å². The second-order valence-electron chi connectivity index (χ2n) is 5.07.